The molecule has 1 aliphatic rings. The fraction of sp³-hybridized carbons (Fsp3) is 0.692. The van der Waals surface area contributed by atoms with E-state index in [1.165, 1.54) is 0 Å². The minimum Gasteiger partial charge on any atom is -0.460 e. The smallest absolute Gasteiger partial charge is 0.376 e. The molecule has 0 aliphatic heterocycles. The van der Waals surface area contributed by atoms with Crippen LogP contribution in [0, 0.1) is 5.92 Å². The highest BCUT2D eigenvalue weighted by Crippen LogP contribution is 2.40. The Balaban J connectivity index is 2.23. The molecule has 0 radical (unpaired) electrons. The van der Waals surface area contributed by atoms with E-state index >= 15 is 0 Å². The van der Waals surface area contributed by atoms with Gasteiger partial charge < -0.3 is 9.15 Å². The summed E-state index contributed by atoms with van der Waals surface area (Å²) in [6, 6.07) is 0. The molecule has 0 aromatic carbocycles. The van der Waals surface area contributed by atoms with Gasteiger partial charge in [-0.25, -0.2) is 9.78 Å². The first-order valence-corrected chi connectivity index (χ1v) is 6.28. The first-order valence-electron chi connectivity index (χ1n) is 6.28. The van der Waals surface area contributed by atoms with Gasteiger partial charge in [0.1, 0.15) is 0 Å². The predicted octanol–water partition coefficient (Wildman–Crippen LogP) is 2.93. The SMILES string of the molecule is CCOC(=O)c1oc(C2CC2)nc1CC(C)C. The molecule has 94 valence electrons. The molecular formula is C13H19NO3. The monoisotopic (exact) mass is 237 g/mol. The second kappa shape index (κ2) is 4.90. The zero-order valence-electron chi connectivity index (χ0n) is 10.7. The Hall–Kier alpha value is -1.32. The quantitative estimate of drug-likeness (QED) is 0.739. The third-order valence-electron chi connectivity index (χ3n) is 2.70. The summed E-state index contributed by atoms with van der Waals surface area (Å²) >= 11 is 0. The van der Waals surface area contributed by atoms with Crippen LogP contribution in [0.4, 0.5) is 0 Å². The maximum Gasteiger partial charge on any atom is 0.376 e. The molecule has 4 nitrogen and oxygen atoms in total. The van der Waals surface area contributed by atoms with Crippen molar-refractivity contribution in [1.29, 1.82) is 0 Å². The average Bonchev–Trinajstić information content (AvgIpc) is 3.01. The fourth-order valence-electron chi connectivity index (χ4n) is 1.76. The molecule has 0 N–H and O–H groups in total. The molecular weight excluding hydrogens is 218 g/mol. The number of carbonyl (C=O) groups is 1. The summed E-state index contributed by atoms with van der Waals surface area (Å²) < 4.78 is 10.6. The fourth-order valence-corrected chi connectivity index (χ4v) is 1.76. The number of hydrogen-bond acceptors (Lipinski definition) is 4. The topological polar surface area (TPSA) is 52.3 Å². The maximum absolute atomic E-state index is 11.7. The van der Waals surface area contributed by atoms with Crippen molar-refractivity contribution in [3.05, 3.63) is 17.3 Å². The summed E-state index contributed by atoms with van der Waals surface area (Å²) in [5, 5.41) is 0. The molecule has 0 atom stereocenters. The summed E-state index contributed by atoms with van der Waals surface area (Å²) in [6.07, 6.45) is 2.98. The van der Waals surface area contributed by atoms with Crippen LogP contribution in [0.15, 0.2) is 4.42 Å². The highest BCUT2D eigenvalue weighted by atomic mass is 16.5. The highest BCUT2D eigenvalue weighted by molar-refractivity contribution is 5.87. The van der Waals surface area contributed by atoms with Gasteiger partial charge in [0.05, 0.1) is 12.3 Å². The lowest BCUT2D eigenvalue weighted by Crippen LogP contribution is -2.08. The van der Waals surface area contributed by atoms with E-state index in [2.05, 4.69) is 18.8 Å². The molecule has 17 heavy (non-hydrogen) atoms. The molecule has 1 fully saturated rings. The van der Waals surface area contributed by atoms with Gasteiger partial charge in [0.25, 0.3) is 0 Å². The second-order valence-corrected chi connectivity index (χ2v) is 4.92. The van der Waals surface area contributed by atoms with Gasteiger partial charge in [0.15, 0.2) is 5.89 Å². The van der Waals surface area contributed by atoms with E-state index in [9.17, 15) is 4.79 Å². The zero-order chi connectivity index (χ0) is 12.4. The number of esters is 1. The average molecular weight is 237 g/mol. The molecule has 0 bridgehead atoms. The van der Waals surface area contributed by atoms with Crippen molar-refractivity contribution in [2.75, 3.05) is 6.61 Å². The third-order valence-corrected chi connectivity index (χ3v) is 2.70. The molecule has 1 aromatic heterocycles. The van der Waals surface area contributed by atoms with Gasteiger partial charge in [-0.2, -0.15) is 0 Å². The van der Waals surface area contributed by atoms with E-state index in [0.29, 0.717) is 30.1 Å². The minimum absolute atomic E-state index is 0.308. The van der Waals surface area contributed by atoms with Crippen molar-refractivity contribution in [2.24, 2.45) is 5.92 Å². The Morgan fingerprint density at radius 3 is 2.76 bits per heavy atom. The minimum atomic E-state index is -0.387. The van der Waals surface area contributed by atoms with Gasteiger partial charge >= 0.3 is 5.97 Å². The summed E-state index contributed by atoms with van der Waals surface area (Å²) in [6.45, 7) is 6.35. The lowest BCUT2D eigenvalue weighted by molar-refractivity contribution is 0.0486. The summed E-state index contributed by atoms with van der Waals surface area (Å²) in [5.74, 6) is 1.50. The Bertz CT molecular complexity index is 405. The number of aromatic nitrogens is 1. The van der Waals surface area contributed by atoms with Crippen LogP contribution in [0.2, 0.25) is 0 Å². The van der Waals surface area contributed by atoms with E-state index in [0.717, 1.165) is 25.0 Å². The lowest BCUT2D eigenvalue weighted by Gasteiger charge is -2.02. The van der Waals surface area contributed by atoms with Crippen LogP contribution in [0.5, 0.6) is 0 Å². The molecule has 4 heteroatoms. The van der Waals surface area contributed by atoms with Gasteiger partial charge in [-0.1, -0.05) is 13.8 Å². The Morgan fingerprint density at radius 1 is 1.53 bits per heavy atom. The van der Waals surface area contributed by atoms with E-state index in [1.807, 2.05) is 0 Å². The molecule has 0 spiro atoms. The van der Waals surface area contributed by atoms with Gasteiger partial charge in [0.2, 0.25) is 5.76 Å². The first-order chi connectivity index (χ1) is 8.11. The highest BCUT2D eigenvalue weighted by Gasteiger charge is 2.32. The van der Waals surface area contributed by atoms with E-state index in [1.54, 1.807) is 6.92 Å². The Morgan fingerprint density at radius 2 is 2.24 bits per heavy atom. The molecule has 1 aromatic rings. The van der Waals surface area contributed by atoms with Gasteiger partial charge in [0, 0.05) is 5.92 Å². The number of oxazole rings is 1. The van der Waals surface area contributed by atoms with Crippen LogP contribution in [-0.4, -0.2) is 17.6 Å². The van der Waals surface area contributed by atoms with Crippen LogP contribution in [0.1, 0.15) is 61.7 Å². The number of nitrogens with zero attached hydrogens (tertiary/aromatic N) is 1. The van der Waals surface area contributed by atoms with Gasteiger partial charge in [-0.05, 0) is 32.1 Å². The van der Waals surface area contributed by atoms with E-state index < -0.39 is 0 Å². The third kappa shape index (κ3) is 2.87. The Labute approximate surface area is 101 Å². The summed E-state index contributed by atoms with van der Waals surface area (Å²) in [5.41, 5.74) is 0.750. The van der Waals surface area contributed by atoms with Crippen LogP contribution in [0.25, 0.3) is 0 Å². The van der Waals surface area contributed by atoms with Crippen molar-refractivity contribution < 1.29 is 13.9 Å². The van der Waals surface area contributed by atoms with Crippen molar-refractivity contribution in [3.8, 4) is 0 Å². The summed E-state index contributed by atoms with van der Waals surface area (Å²) in [7, 11) is 0. The molecule has 1 heterocycles. The molecule has 0 amide bonds. The van der Waals surface area contributed by atoms with Crippen molar-refractivity contribution in [1.82, 2.24) is 4.98 Å². The number of carbonyl (C=O) groups excluding carboxylic acids is 1. The normalized spacial score (nSPS) is 15.3. The molecule has 1 aliphatic carbocycles. The summed E-state index contributed by atoms with van der Waals surface area (Å²) in [4.78, 5) is 16.2. The second-order valence-electron chi connectivity index (χ2n) is 4.92. The number of hydrogen-bond donors (Lipinski definition) is 0. The van der Waals surface area contributed by atoms with Gasteiger partial charge in [-0.15, -0.1) is 0 Å². The molecule has 0 saturated heterocycles. The van der Waals surface area contributed by atoms with Crippen molar-refractivity contribution in [3.63, 3.8) is 0 Å². The maximum atomic E-state index is 11.7. The number of ether oxygens (including phenoxy) is 1. The standard InChI is InChI=1S/C13H19NO3/c1-4-16-13(15)11-10(7-8(2)3)14-12(17-11)9-5-6-9/h8-9H,4-7H2,1-3H3. The lowest BCUT2D eigenvalue weighted by atomic mass is 10.1. The molecule has 1 saturated carbocycles. The van der Waals surface area contributed by atoms with Crippen LogP contribution >= 0.6 is 0 Å². The predicted molar refractivity (Wildman–Crippen MR) is 63.0 cm³/mol. The van der Waals surface area contributed by atoms with Crippen LogP contribution in [-0.2, 0) is 11.2 Å². The van der Waals surface area contributed by atoms with Crippen molar-refractivity contribution in [2.45, 2.75) is 46.0 Å². The van der Waals surface area contributed by atoms with E-state index in [4.69, 9.17) is 9.15 Å². The zero-order valence-corrected chi connectivity index (χ0v) is 10.7. The molecule has 2 rings (SSSR count). The van der Waals surface area contributed by atoms with Crippen LogP contribution in [0.3, 0.4) is 0 Å². The van der Waals surface area contributed by atoms with Gasteiger partial charge in [-0.3, -0.25) is 0 Å². The Kier molecular flexibility index (Phi) is 3.50. The van der Waals surface area contributed by atoms with E-state index in [-0.39, 0.29) is 5.97 Å². The van der Waals surface area contributed by atoms with Crippen molar-refractivity contribution >= 4 is 5.97 Å². The largest absolute Gasteiger partial charge is 0.460 e. The van der Waals surface area contributed by atoms with Crippen LogP contribution < -0.4 is 0 Å². The first kappa shape index (κ1) is 12.1. The number of rotatable bonds is 5. The molecule has 0 unspecified atom stereocenters.